The standard InChI is InChI=1S/C30H24O2S2.2C5H5.2Fe/c1-21-13-17-23(18-14-21)33(31)29-11-5-9-27(29)25-7-3-4-8-26(25)28-10-6-12-30(28)34(32)24-19-15-22(2)16-20-24;2*1-2-4-5-3-1;;/h3-20H,1-2H3;2*1-5H;;/q;;;2*+2/t33-,34-;;;;/m1..../s1. The van der Waals surface area contributed by atoms with Crippen LogP contribution in [0.4, 0.5) is 0 Å². The zero-order valence-corrected chi connectivity index (χ0v) is 29.3. The Labute approximate surface area is 306 Å². The fourth-order valence-corrected chi connectivity index (χ4v) is 7.18. The monoisotopic (exact) mass is 722 g/mol. The van der Waals surface area contributed by atoms with E-state index < -0.39 is 21.6 Å². The van der Waals surface area contributed by atoms with Crippen molar-refractivity contribution in [1.29, 1.82) is 0 Å². The topological polar surface area (TPSA) is 34.1 Å². The molecule has 0 aromatic heterocycles. The molecule has 0 bridgehead atoms. The molecule has 3 aromatic rings. The molecular formula is C40H34Fe2O2S2+4. The van der Waals surface area contributed by atoms with Crippen molar-refractivity contribution in [3.8, 4) is 0 Å². The minimum atomic E-state index is -1.30. The predicted molar refractivity (Wildman–Crippen MR) is 182 cm³/mol. The molecule has 46 heavy (non-hydrogen) atoms. The Morgan fingerprint density at radius 1 is 0.391 bits per heavy atom. The quantitative estimate of drug-likeness (QED) is 0.241. The van der Waals surface area contributed by atoms with Crippen molar-refractivity contribution in [3.05, 3.63) is 220 Å². The summed E-state index contributed by atoms with van der Waals surface area (Å²) in [4.78, 5) is 1.56. The van der Waals surface area contributed by atoms with Crippen LogP contribution in [0.15, 0.2) is 82.6 Å². The van der Waals surface area contributed by atoms with Crippen LogP contribution in [0, 0.1) is 139 Å². The minimum Gasteiger partial charge on any atom is -0.254 e. The third kappa shape index (κ3) is 10.7. The van der Waals surface area contributed by atoms with Gasteiger partial charge >= 0.3 is 34.1 Å². The third-order valence-electron chi connectivity index (χ3n) is 7.04. The molecule has 0 amide bonds. The summed E-state index contributed by atoms with van der Waals surface area (Å²) in [5.41, 5.74) is 4.24. The Balaban J connectivity index is 0.000000409. The van der Waals surface area contributed by atoms with Gasteiger partial charge in [0, 0.05) is 21.6 Å². The van der Waals surface area contributed by atoms with Gasteiger partial charge in [-0.2, -0.15) is 0 Å². The second kappa shape index (κ2) is 20.5. The Morgan fingerprint density at radius 2 is 0.696 bits per heavy atom. The summed E-state index contributed by atoms with van der Waals surface area (Å²) in [7, 11) is -2.59. The van der Waals surface area contributed by atoms with Gasteiger partial charge in [-0.05, 0) is 152 Å². The van der Waals surface area contributed by atoms with Crippen LogP contribution in [0.1, 0.15) is 22.3 Å². The summed E-state index contributed by atoms with van der Waals surface area (Å²) in [6.45, 7) is 4.05. The molecule has 2 nitrogen and oxygen atoms in total. The predicted octanol–water partition coefficient (Wildman–Crippen LogP) is 8.12. The van der Waals surface area contributed by atoms with Gasteiger partial charge in [-0.3, -0.25) is 8.42 Å². The first-order chi connectivity index (χ1) is 21.5. The van der Waals surface area contributed by atoms with Gasteiger partial charge in [0.25, 0.3) is 0 Å². The molecule has 6 heteroatoms. The molecule has 0 heterocycles. The van der Waals surface area contributed by atoms with Gasteiger partial charge in [0.15, 0.2) is 0 Å². The first-order valence-electron chi connectivity index (χ1n) is 14.4. The number of rotatable bonds is 6. The van der Waals surface area contributed by atoms with Crippen molar-refractivity contribution < 1.29 is 42.6 Å². The molecule has 0 aliphatic heterocycles. The summed E-state index contributed by atoms with van der Waals surface area (Å²) in [6.07, 6.45) is 31.8. The molecule has 20 radical (unpaired) electrons. The van der Waals surface area contributed by atoms with Crippen LogP contribution in [0.25, 0.3) is 0 Å². The molecule has 230 valence electrons. The van der Waals surface area contributed by atoms with E-state index in [1.54, 1.807) is 0 Å². The molecule has 0 spiro atoms. The van der Waals surface area contributed by atoms with Crippen molar-refractivity contribution in [2.75, 3.05) is 0 Å². The number of benzene rings is 3. The van der Waals surface area contributed by atoms with Crippen LogP contribution >= 0.6 is 0 Å². The van der Waals surface area contributed by atoms with Crippen molar-refractivity contribution in [3.63, 3.8) is 0 Å². The van der Waals surface area contributed by atoms with Crippen LogP contribution in [-0.2, 0) is 55.7 Å². The van der Waals surface area contributed by atoms with E-state index in [1.165, 1.54) is 0 Å². The van der Waals surface area contributed by atoms with Gasteiger partial charge in [0.05, 0.1) is 32.1 Å². The first-order valence-corrected chi connectivity index (χ1v) is 16.7. The van der Waals surface area contributed by atoms with Gasteiger partial charge in [0.2, 0.25) is 0 Å². The Morgan fingerprint density at radius 3 is 1.00 bits per heavy atom. The molecule has 4 fully saturated rings. The SMILES string of the molecule is Cc1ccc([S@@](=O)[C]2[CH][CH][CH][C]2c2ccccc2[C]2[CH][CH][CH][C]2[S@](=O)c2ccc(C)cc2)cc1.[CH]1[CH][CH][CH][CH]1.[CH]1[CH][CH][CH][CH]1.[Fe+2].[Fe+2]. The molecular weight excluding hydrogens is 688 g/mol. The summed E-state index contributed by atoms with van der Waals surface area (Å²) < 4.78 is 26.9. The molecule has 2 atom stereocenters. The maximum absolute atomic E-state index is 13.5. The molecule has 0 unspecified atom stereocenters. The van der Waals surface area contributed by atoms with E-state index in [0.29, 0.717) is 0 Å². The van der Waals surface area contributed by atoms with E-state index in [-0.39, 0.29) is 34.1 Å². The molecule has 4 aliphatic rings. The average molecular weight is 723 g/mol. The molecule has 0 N–H and O–H groups in total. The Kier molecular flexibility index (Phi) is 17.6. The van der Waals surface area contributed by atoms with E-state index in [2.05, 4.69) is 0 Å². The molecule has 3 aromatic carbocycles. The maximum Gasteiger partial charge on any atom is 2.00 e. The first kappa shape index (κ1) is 39.4. The van der Waals surface area contributed by atoms with Gasteiger partial charge in [0.1, 0.15) is 0 Å². The summed E-state index contributed by atoms with van der Waals surface area (Å²) in [5, 5.41) is 1.56. The minimum absolute atomic E-state index is 0. The smallest absolute Gasteiger partial charge is 0.254 e. The fraction of sp³-hybridized carbons (Fsp3) is 0.0500. The van der Waals surface area contributed by atoms with E-state index in [1.807, 2.05) is 189 Å². The maximum atomic E-state index is 13.5. The molecule has 7 rings (SSSR count). The van der Waals surface area contributed by atoms with Crippen LogP contribution in [0.2, 0.25) is 0 Å². The second-order valence-corrected chi connectivity index (χ2v) is 13.1. The Bertz CT molecular complexity index is 1230. The van der Waals surface area contributed by atoms with Crippen LogP contribution in [-0.4, -0.2) is 8.42 Å². The summed E-state index contributed by atoms with van der Waals surface area (Å²) in [6, 6.07) is 23.7. The third-order valence-corrected chi connectivity index (χ3v) is 9.95. The van der Waals surface area contributed by atoms with Crippen molar-refractivity contribution in [1.82, 2.24) is 0 Å². The number of hydrogen-bond donors (Lipinski definition) is 0. The van der Waals surface area contributed by atoms with Gasteiger partial charge in [-0.1, -0.05) is 59.7 Å². The second-order valence-electron chi connectivity index (χ2n) is 10.2. The van der Waals surface area contributed by atoms with Gasteiger partial charge in [-0.25, -0.2) is 0 Å². The van der Waals surface area contributed by atoms with Crippen LogP contribution in [0.5, 0.6) is 0 Å². The van der Waals surface area contributed by atoms with E-state index in [0.717, 1.165) is 54.4 Å². The van der Waals surface area contributed by atoms with Crippen molar-refractivity contribution in [2.45, 2.75) is 23.6 Å². The summed E-state index contributed by atoms with van der Waals surface area (Å²) >= 11 is 0. The average Bonchev–Trinajstić information content (AvgIpc) is 3.90. The summed E-state index contributed by atoms with van der Waals surface area (Å²) in [5.74, 6) is 1.87. The van der Waals surface area contributed by atoms with Gasteiger partial charge in [-0.15, -0.1) is 0 Å². The van der Waals surface area contributed by atoms with Crippen LogP contribution in [0.3, 0.4) is 0 Å². The Hall–Kier alpha value is -1.00. The number of aryl methyl sites for hydroxylation is 2. The zero-order chi connectivity index (χ0) is 30.7. The van der Waals surface area contributed by atoms with Gasteiger partial charge < -0.3 is 0 Å². The van der Waals surface area contributed by atoms with Crippen molar-refractivity contribution in [2.24, 2.45) is 0 Å². The molecule has 4 saturated carbocycles. The fourth-order valence-electron chi connectivity index (χ4n) is 4.75. The molecule has 4 aliphatic carbocycles. The largest absolute Gasteiger partial charge is 2.00 e. The van der Waals surface area contributed by atoms with E-state index in [4.69, 9.17) is 0 Å². The van der Waals surface area contributed by atoms with E-state index in [9.17, 15) is 8.42 Å². The molecule has 0 saturated heterocycles. The van der Waals surface area contributed by atoms with Crippen LogP contribution < -0.4 is 0 Å². The zero-order valence-electron chi connectivity index (χ0n) is 25.5. The van der Waals surface area contributed by atoms with Crippen molar-refractivity contribution >= 4 is 21.6 Å². The number of hydrogen-bond acceptors (Lipinski definition) is 2. The normalized spacial score (nSPS) is 20.0. The van der Waals surface area contributed by atoms with E-state index >= 15 is 0 Å².